The minimum absolute atomic E-state index is 0.000773. The van der Waals surface area contributed by atoms with E-state index in [2.05, 4.69) is 0 Å². The summed E-state index contributed by atoms with van der Waals surface area (Å²) >= 11 is 0. The summed E-state index contributed by atoms with van der Waals surface area (Å²) in [5, 5.41) is 9.10. The van der Waals surface area contributed by atoms with Crippen molar-refractivity contribution in [3.8, 4) is 0 Å². The lowest BCUT2D eigenvalue weighted by Gasteiger charge is -2.19. The monoisotopic (exact) mass is 303 g/mol. The van der Waals surface area contributed by atoms with Gasteiger partial charge in [0.2, 0.25) is 10.0 Å². The van der Waals surface area contributed by atoms with Crippen molar-refractivity contribution in [2.75, 3.05) is 13.6 Å². The predicted octanol–water partition coefficient (Wildman–Crippen LogP) is 2.29. The number of aliphatic hydroxyl groups is 1. The molecule has 20 heavy (non-hydrogen) atoms. The van der Waals surface area contributed by atoms with E-state index < -0.39 is 22.4 Å². The average Bonchev–Trinajstić information content (AvgIpc) is 2.38. The van der Waals surface area contributed by atoms with Gasteiger partial charge >= 0.3 is 0 Å². The maximum absolute atomic E-state index is 13.7. The molecule has 0 atom stereocenters. The molecule has 0 unspecified atom stereocenters. The molecule has 0 heterocycles. The topological polar surface area (TPSA) is 57.6 Å². The van der Waals surface area contributed by atoms with Gasteiger partial charge in [-0.05, 0) is 37.0 Å². The SMILES string of the molecule is Cc1cc(S(=O)(=O)N(C)CCC(C)C)cc(CO)c1F. The number of halogens is 1. The zero-order valence-corrected chi connectivity index (χ0v) is 13.2. The second kappa shape index (κ2) is 6.65. The Morgan fingerprint density at radius 3 is 2.45 bits per heavy atom. The van der Waals surface area contributed by atoms with Gasteiger partial charge in [-0.15, -0.1) is 0 Å². The first-order valence-electron chi connectivity index (χ1n) is 6.56. The lowest BCUT2D eigenvalue weighted by atomic mass is 10.1. The summed E-state index contributed by atoms with van der Waals surface area (Å²) in [5.41, 5.74) is 0.216. The molecule has 0 aliphatic carbocycles. The molecule has 0 aromatic heterocycles. The fraction of sp³-hybridized carbons (Fsp3) is 0.571. The summed E-state index contributed by atoms with van der Waals surface area (Å²) in [6.07, 6.45) is 0.753. The highest BCUT2D eigenvalue weighted by atomic mass is 32.2. The van der Waals surface area contributed by atoms with Crippen LogP contribution in [0, 0.1) is 18.7 Å². The van der Waals surface area contributed by atoms with Crippen molar-refractivity contribution >= 4 is 10.0 Å². The van der Waals surface area contributed by atoms with E-state index in [4.69, 9.17) is 5.11 Å². The quantitative estimate of drug-likeness (QED) is 0.877. The molecule has 0 aliphatic rings. The van der Waals surface area contributed by atoms with Gasteiger partial charge < -0.3 is 5.11 Å². The third kappa shape index (κ3) is 3.77. The zero-order chi connectivity index (χ0) is 15.5. The molecule has 0 radical (unpaired) electrons. The van der Waals surface area contributed by atoms with Crippen molar-refractivity contribution in [3.63, 3.8) is 0 Å². The fourth-order valence-electron chi connectivity index (χ4n) is 1.81. The molecule has 0 bridgehead atoms. The van der Waals surface area contributed by atoms with Crippen LogP contribution in [0.2, 0.25) is 0 Å². The standard InChI is InChI=1S/C14H22FNO3S/c1-10(2)5-6-16(4)20(18,19)13-7-11(3)14(15)12(8-13)9-17/h7-8,10,17H,5-6,9H2,1-4H3. The average molecular weight is 303 g/mol. The number of aryl methyl sites for hydroxylation is 1. The molecule has 0 fully saturated rings. The van der Waals surface area contributed by atoms with Crippen molar-refractivity contribution in [1.29, 1.82) is 0 Å². The van der Waals surface area contributed by atoms with E-state index in [9.17, 15) is 12.8 Å². The van der Waals surface area contributed by atoms with Crippen LogP contribution >= 0.6 is 0 Å². The highest BCUT2D eigenvalue weighted by Gasteiger charge is 2.23. The Kier molecular flexibility index (Phi) is 5.68. The summed E-state index contributed by atoms with van der Waals surface area (Å²) in [6, 6.07) is 2.50. The van der Waals surface area contributed by atoms with Crippen LogP contribution in [-0.2, 0) is 16.6 Å². The van der Waals surface area contributed by atoms with Gasteiger partial charge in [0.25, 0.3) is 0 Å². The van der Waals surface area contributed by atoms with E-state index in [1.807, 2.05) is 13.8 Å². The summed E-state index contributed by atoms with van der Waals surface area (Å²) in [7, 11) is -2.14. The van der Waals surface area contributed by atoms with Crippen LogP contribution in [0.1, 0.15) is 31.4 Å². The van der Waals surface area contributed by atoms with Crippen LogP contribution < -0.4 is 0 Å². The first kappa shape index (κ1) is 17.1. The Morgan fingerprint density at radius 1 is 1.35 bits per heavy atom. The second-order valence-corrected chi connectivity index (χ2v) is 7.43. The number of rotatable bonds is 6. The molecule has 1 aromatic rings. The van der Waals surface area contributed by atoms with Crippen LogP contribution in [-0.4, -0.2) is 31.4 Å². The van der Waals surface area contributed by atoms with Gasteiger partial charge in [0, 0.05) is 19.2 Å². The molecule has 0 amide bonds. The van der Waals surface area contributed by atoms with Crippen molar-refractivity contribution in [1.82, 2.24) is 4.31 Å². The van der Waals surface area contributed by atoms with Crippen molar-refractivity contribution in [3.05, 3.63) is 29.1 Å². The van der Waals surface area contributed by atoms with Crippen LogP contribution in [0.3, 0.4) is 0 Å². The molecular formula is C14H22FNO3S. The molecule has 1 N–H and O–H groups in total. The number of hydrogen-bond acceptors (Lipinski definition) is 3. The van der Waals surface area contributed by atoms with Crippen LogP contribution in [0.4, 0.5) is 4.39 Å². The lowest BCUT2D eigenvalue weighted by molar-refractivity contribution is 0.275. The Balaban J connectivity index is 3.12. The molecular weight excluding hydrogens is 281 g/mol. The normalized spacial score (nSPS) is 12.4. The number of nitrogens with zero attached hydrogens (tertiary/aromatic N) is 1. The van der Waals surface area contributed by atoms with E-state index in [1.165, 1.54) is 30.4 Å². The first-order valence-corrected chi connectivity index (χ1v) is 8.00. The highest BCUT2D eigenvalue weighted by Crippen LogP contribution is 2.22. The van der Waals surface area contributed by atoms with Gasteiger partial charge in [0.1, 0.15) is 5.82 Å². The smallest absolute Gasteiger partial charge is 0.242 e. The summed E-state index contributed by atoms with van der Waals surface area (Å²) in [6.45, 7) is 5.41. The molecule has 0 saturated carbocycles. The summed E-state index contributed by atoms with van der Waals surface area (Å²) in [5.74, 6) is -0.160. The third-order valence-electron chi connectivity index (χ3n) is 3.20. The first-order chi connectivity index (χ1) is 9.20. The Hall–Kier alpha value is -0.980. The Bertz CT molecular complexity index is 570. The molecule has 0 saturated heterocycles. The van der Waals surface area contributed by atoms with Crippen molar-refractivity contribution in [2.45, 2.75) is 38.7 Å². The van der Waals surface area contributed by atoms with E-state index in [1.54, 1.807) is 0 Å². The van der Waals surface area contributed by atoms with Crippen molar-refractivity contribution < 1.29 is 17.9 Å². The maximum atomic E-state index is 13.7. The van der Waals surface area contributed by atoms with Gasteiger partial charge in [0.15, 0.2) is 0 Å². The molecule has 1 aromatic carbocycles. The van der Waals surface area contributed by atoms with Crippen LogP contribution in [0.25, 0.3) is 0 Å². The molecule has 0 aliphatic heterocycles. The molecule has 0 spiro atoms. The molecule has 6 heteroatoms. The van der Waals surface area contributed by atoms with Crippen molar-refractivity contribution in [2.24, 2.45) is 5.92 Å². The number of sulfonamides is 1. The molecule has 1 rings (SSSR count). The largest absolute Gasteiger partial charge is 0.392 e. The highest BCUT2D eigenvalue weighted by molar-refractivity contribution is 7.89. The van der Waals surface area contributed by atoms with Gasteiger partial charge in [-0.1, -0.05) is 13.8 Å². The third-order valence-corrected chi connectivity index (χ3v) is 5.04. The minimum atomic E-state index is -3.65. The Labute approximate surface area is 120 Å². The van der Waals surface area contributed by atoms with E-state index in [-0.39, 0.29) is 16.0 Å². The number of aliphatic hydroxyl groups excluding tert-OH is 1. The molecule has 114 valence electrons. The zero-order valence-electron chi connectivity index (χ0n) is 12.4. The van der Waals surface area contributed by atoms with E-state index >= 15 is 0 Å². The minimum Gasteiger partial charge on any atom is -0.392 e. The predicted molar refractivity (Wildman–Crippen MR) is 76.3 cm³/mol. The lowest BCUT2D eigenvalue weighted by Crippen LogP contribution is -2.29. The fourth-order valence-corrected chi connectivity index (χ4v) is 3.13. The van der Waals surface area contributed by atoms with Gasteiger partial charge in [-0.2, -0.15) is 0 Å². The second-order valence-electron chi connectivity index (χ2n) is 5.38. The van der Waals surface area contributed by atoms with Crippen LogP contribution in [0.15, 0.2) is 17.0 Å². The molecule has 4 nitrogen and oxygen atoms in total. The number of benzene rings is 1. The van der Waals surface area contributed by atoms with Gasteiger partial charge in [-0.3, -0.25) is 0 Å². The van der Waals surface area contributed by atoms with Gasteiger partial charge in [0.05, 0.1) is 11.5 Å². The summed E-state index contributed by atoms with van der Waals surface area (Å²) in [4.78, 5) is 0.0201. The Morgan fingerprint density at radius 2 is 1.95 bits per heavy atom. The maximum Gasteiger partial charge on any atom is 0.242 e. The number of hydrogen-bond donors (Lipinski definition) is 1. The van der Waals surface area contributed by atoms with Crippen LogP contribution in [0.5, 0.6) is 0 Å². The van der Waals surface area contributed by atoms with E-state index in [0.717, 1.165) is 6.42 Å². The van der Waals surface area contributed by atoms with Gasteiger partial charge in [-0.25, -0.2) is 17.1 Å². The summed E-state index contributed by atoms with van der Waals surface area (Å²) < 4.78 is 39.7. The van der Waals surface area contributed by atoms with E-state index in [0.29, 0.717) is 12.5 Å².